The van der Waals surface area contributed by atoms with E-state index in [4.69, 9.17) is 9.47 Å². The molecule has 0 saturated carbocycles. The Labute approximate surface area is 90.9 Å². The minimum atomic E-state index is -0.360. The SMILES string of the molecule is CC(=O)OCC(CC(C)(C)C)OC(C)=O. The molecule has 0 heterocycles. The van der Waals surface area contributed by atoms with Crippen LogP contribution in [0.25, 0.3) is 0 Å². The lowest BCUT2D eigenvalue weighted by Crippen LogP contribution is -2.28. The molecular formula is C11H20O4. The molecule has 0 amide bonds. The third-order valence-corrected chi connectivity index (χ3v) is 1.65. The van der Waals surface area contributed by atoms with Gasteiger partial charge < -0.3 is 9.47 Å². The summed E-state index contributed by atoms with van der Waals surface area (Å²) in [5.41, 5.74) is 0.0280. The van der Waals surface area contributed by atoms with Gasteiger partial charge in [0, 0.05) is 13.8 Å². The van der Waals surface area contributed by atoms with Crippen LogP contribution in [0.5, 0.6) is 0 Å². The van der Waals surface area contributed by atoms with Crippen molar-refractivity contribution in [2.24, 2.45) is 5.41 Å². The van der Waals surface area contributed by atoms with Crippen LogP contribution in [0.3, 0.4) is 0 Å². The molecule has 0 aliphatic heterocycles. The highest BCUT2D eigenvalue weighted by Gasteiger charge is 2.22. The van der Waals surface area contributed by atoms with Crippen LogP contribution < -0.4 is 0 Å². The van der Waals surface area contributed by atoms with Crippen LogP contribution in [0.15, 0.2) is 0 Å². The summed E-state index contributed by atoms with van der Waals surface area (Å²) >= 11 is 0. The second kappa shape index (κ2) is 5.73. The van der Waals surface area contributed by atoms with Crippen LogP contribution in [0.1, 0.15) is 41.0 Å². The van der Waals surface area contributed by atoms with Crippen molar-refractivity contribution >= 4 is 11.9 Å². The zero-order valence-corrected chi connectivity index (χ0v) is 10.1. The van der Waals surface area contributed by atoms with E-state index in [0.717, 1.165) is 0 Å². The molecule has 0 bridgehead atoms. The van der Waals surface area contributed by atoms with Crippen LogP contribution in [-0.2, 0) is 19.1 Å². The number of ether oxygens (including phenoxy) is 2. The fraction of sp³-hybridized carbons (Fsp3) is 0.818. The molecule has 88 valence electrons. The first-order chi connectivity index (χ1) is 6.70. The predicted molar refractivity (Wildman–Crippen MR) is 56.3 cm³/mol. The van der Waals surface area contributed by atoms with Crippen molar-refractivity contribution in [3.05, 3.63) is 0 Å². The summed E-state index contributed by atoms with van der Waals surface area (Å²) in [5.74, 6) is -0.711. The predicted octanol–water partition coefficient (Wildman–Crippen LogP) is 1.92. The van der Waals surface area contributed by atoms with E-state index in [0.29, 0.717) is 6.42 Å². The summed E-state index contributed by atoms with van der Waals surface area (Å²) in [6, 6.07) is 0. The quantitative estimate of drug-likeness (QED) is 0.674. The summed E-state index contributed by atoms with van der Waals surface area (Å²) in [6.07, 6.45) is 0.311. The van der Waals surface area contributed by atoms with Crippen LogP contribution in [-0.4, -0.2) is 24.6 Å². The van der Waals surface area contributed by atoms with Gasteiger partial charge in [0.25, 0.3) is 0 Å². The molecule has 0 aliphatic rings. The molecule has 0 aromatic heterocycles. The normalized spacial score (nSPS) is 13.1. The van der Waals surface area contributed by atoms with Crippen molar-refractivity contribution in [1.82, 2.24) is 0 Å². The first-order valence-corrected chi connectivity index (χ1v) is 5.01. The largest absolute Gasteiger partial charge is 0.462 e. The second-order valence-electron chi connectivity index (χ2n) is 4.80. The van der Waals surface area contributed by atoms with Crippen molar-refractivity contribution < 1.29 is 19.1 Å². The molecule has 4 nitrogen and oxygen atoms in total. The zero-order chi connectivity index (χ0) is 12.1. The maximum atomic E-state index is 10.8. The Morgan fingerprint density at radius 3 is 2.00 bits per heavy atom. The van der Waals surface area contributed by atoms with E-state index >= 15 is 0 Å². The van der Waals surface area contributed by atoms with Crippen LogP contribution in [0.2, 0.25) is 0 Å². The van der Waals surface area contributed by atoms with E-state index in [9.17, 15) is 9.59 Å². The van der Waals surface area contributed by atoms with Gasteiger partial charge >= 0.3 is 11.9 Å². The van der Waals surface area contributed by atoms with Crippen LogP contribution in [0, 0.1) is 5.41 Å². The first-order valence-electron chi connectivity index (χ1n) is 5.01. The third kappa shape index (κ3) is 9.25. The molecule has 0 saturated heterocycles. The Bertz CT molecular complexity index is 227. The van der Waals surface area contributed by atoms with E-state index in [1.807, 2.05) is 20.8 Å². The van der Waals surface area contributed by atoms with Crippen molar-refractivity contribution in [3.63, 3.8) is 0 Å². The average Bonchev–Trinajstić information content (AvgIpc) is 1.95. The van der Waals surface area contributed by atoms with Gasteiger partial charge in [-0.1, -0.05) is 20.8 Å². The van der Waals surface area contributed by atoms with Gasteiger partial charge in [-0.15, -0.1) is 0 Å². The van der Waals surface area contributed by atoms with Crippen LogP contribution >= 0.6 is 0 Å². The van der Waals surface area contributed by atoms with E-state index < -0.39 is 0 Å². The lowest BCUT2D eigenvalue weighted by Gasteiger charge is -2.25. The second-order valence-corrected chi connectivity index (χ2v) is 4.80. The fourth-order valence-corrected chi connectivity index (χ4v) is 1.26. The molecule has 0 aromatic carbocycles. The Kier molecular flexibility index (Phi) is 5.33. The van der Waals surface area contributed by atoms with Gasteiger partial charge in [0.05, 0.1) is 0 Å². The smallest absolute Gasteiger partial charge is 0.303 e. The number of carbonyl (C=O) groups excluding carboxylic acids is 2. The molecule has 4 heteroatoms. The topological polar surface area (TPSA) is 52.6 Å². The van der Waals surface area contributed by atoms with Gasteiger partial charge in [-0.3, -0.25) is 9.59 Å². The van der Waals surface area contributed by atoms with Gasteiger partial charge in [-0.05, 0) is 11.8 Å². The van der Waals surface area contributed by atoms with E-state index in [-0.39, 0.29) is 30.1 Å². The fourth-order valence-electron chi connectivity index (χ4n) is 1.26. The Morgan fingerprint density at radius 1 is 1.13 bits per heavy atom. The number of carbonyl (C=O) groups is 2. The maximum Gasteiger partial charge on any atom is 0.303 e. The number of hydrogen-bond donors (Lipinski definition) is 0. The molecule has 0 radical (unpaired) electrons. The maximum absolute atomic E-state index is 10.8. The lowest BCUT2D eigenvalue weighted by molar-refractivity contribution is -0.157. The molecule has 0 N–H and O–H groups in total. The Morgan fingerprint density at radius 2 is 1.67 bits per heavy atom. The monoisotopic (exact) mass is 216 g/mol. The summed E-state index contributed by atoms with van der Waals surface area (Å²) in [6.45, 7) is 8.93. The van der Waals surface area contributed by atoms with Gasteiger partial charge in [-0.25, -0.2) is 0 Å². The summed E-state index contributed by atoms with van der Waals surface area (Å²) in [5, 5.41) is 0. The molecule has 1 unspecified atom stereocenters. The highest BCUT2D eigenvalue weighted by Crippen LogP contribution is 2.22. The van der Waals surface area contributed by atoms with E-state index in [1.54, 1.807) is 0 Å². The van der Waals surface area contributed by atoms with Gasteiger partial charge in [0.15, 0.2) is 0 Å². The molecule has 0 fully saturated rings. The molecule has 1 atom stereocenters. The number of hydrogen-bond acceptors (Lipinski definition) is 4. The molecular weight excluding hydrogens is 196 g/mol. The highest BCUT2D eigenvalue weighted by molar-refractivity contribution is 5.67. The molecule has 0 aliphatic carbocycles. The van der Waals surface area contributed by atoms with Crippen molar-refractivity contribution in [2.75, 3.05) is 6.61 Å². The zero-order valence-electron chi connectivity index (χ0n) is 10.1. The number of rotatable bonds is 4. The molecule has 0 rings (SSSR count). The lowest BCUT2D eigenvalue weighted by atomic mass is 9.89. The van der Waals surface area contributed by atoms with E-state index in [1.165, 1.54) is 13.8 Å². The van der Waals surface area contributed by atoms with Gasteiger partial charge in [0.2, 0.25) is 0 Å². The number of esters is 2. The van der Waals surface area contributed by atoms with Gasteiger partial charge in [0.1, 0.15) is 12.7 Å². The molecule has 0 spiro atoms. The van der Waals surface area contributed by atoms with Crippen LogP contribution in [0.4, 0.5) is 0 Å². The standard InChI is InChI=1S/C11H20O4/c1-8(12)14-7-10(15-9(2)13)6-11(3,4)5/h10H,6-7H2,1-5H3. The van der Waals surface area contributed by atoms with Gasteiger partial charge in [-0.2, -0.15) is 0 Å². The summed E-state index contributed by atoms with van der Waals surface area (Å²) < 4.78 is 9.90. The third-order valence-electron chi connectivity index (χ3n) is 1.65. The molecule has 15 heavy (non-hydrogen) atoms. The highest BCUT2D eigenvalue weighted by atomic mass is 16.6. The Balaban J connectivity index is 4.18. The summed E-state index contributed by atoms with van der Waals surface area (Å²) in [4.78, 5) is 21.5. The van der Waals surface area contributed by atoms with Crippen molar-refractivity contribution in [3.8, 4) is 0 Å². The Hall–Kier alpha value is -1.06. The van der Waals surface area contributed by atoms with Crippen molar-refractivity contribution in [2.45, 2.75) is 47.1 Å². The van der Waals surface area contributed by atoms with E-state index in [2.05, 4.69) is 0 Å². The minimum Gasteiger partial charge on any atom is -0.462 e. The summed E-state index contributed by atoms with van der Waals surface area (Å²) in [7, 11) is 0. The average molecular weight is 216 g/mol. The van der Waals surface area contributed by atoms with Crippen molar-refractivity contribution in [1.29, 1.82) is 0 Å². The molecule has 0 aromatic rings. The first kappa shape index (κ1) is 13.9. The minimum absolute atomic E-state index is 0.0280.